The van der Waals surface area contributed by atoms with Crippen LogP contribution in [0.3, 0.4) is 0 Å². The van der Waals surface area contributed by atoms with Gasteiger partial charge in [-0.3, -0.25) is 9.59 Å². The van der Waals surface area contributed by atoms with Gasteiger partial charge in [-0.2, -0.15) is 0 Å². The fourth-order valence-corrected chi connectivity index (χ4v) is 1.24. The Kier molecular flexibility index (Phi) is 3.41. The van der Waals surface area contributed by atoms with E-state index in [0.29, 0.717) is 0 Å². The van der Waals surface area contributed by atoms with Gasteiger partial charge in [-0.05, 0) is 11.6 Å². The number of carboxylic acids is 1. The van der Waals surface area contributed by atoms with Gasteiger partial charge < -0.3 is 10.1 Å². The van der Waals surface area contributed by atoms with Gasteiger partial charge in [0, 0.05) is 0 Å². The highest BCUT2D eigenvalue weighted by atomic mass is 35.5. The van der Waals surface area contributed by atoms with Gasteiger partial charge in [-0.25, -0.2) is 8.78 Å². The summed E-state index contributed by atoms with van der Waals surface area (Å²) in [5.74, 6) is -1.28. The number of halogens is 3. The molecule has 0 bridgehead atoms. The number of aromatic amines is 1. The second kappa shape index (κ2) is 4.39. The van der Waals surface area contributed by atoms with E-state index in [2.05, 4.69) is 0 Å². The monoisotopic (exact) mass is 237 g/mol. The first kappa shape index (κ1) is 11.6. The maximum absolute atomic E-state index is 12.4. The standard InChI is InChI=1S/C8H6ClF2NO3/c9-4-1-3(2-5(13)14)6(7(10)11)12-8(4)15/h1,7H,2H2,(H,12,15)(H,13,14). The quantitative estimate of drug-likeness (QED) is 0.839. The molecule has 1 aromatic heterocycles. The van der Waals surface area contributed by atoms with Crippen LogP contribution in [-0.4, -0.2) is 16.1 Å². The molecule has 0 aromatic carbocycles. The minimum absolute atomic E-state index is 0.192. The van der Waals surface area contributed by atoms with Crippen LogP contribution in [0.25, 0.3) is 0 Å². The molecule has 0 radical (unpaired) electrons. The van der Waals surface area contributed by atoms with Gasteiger partial charge in [-0.1, -0.05) is 11.6 Å². The molecule has 0 spiro atoms. The molecule has 0 atom stereocenters. The average Bonchev–Trinajstić information content (AvgIpc) is 2.09. The molecule has 0 aliphatic heterocycles. The lowest BCUT2D eigenvalue weighted by atomic mass is 10.1. The third kappa shape index (κ3) is 2.76. The van der Waals surface area contributed by atoms with Crippen LogP contribution in [0.15, 0.2) is 10.9 Å². The fourth-order valence-electron chi connectivity index (χ4n) is 1.06. The normalized spacial score (nSPS) is 10.7. The van der Waals surface area contributed by atoms with Crippen LogP contribution in [0.5, 0.6) is 0 Å². The van der Waals surface area contributed by atoms with Crippen LogP contribution >= 0.6 is 11.6 Å². The summed E-state index contributed by atoms with van der Waals surface area (Å²) in [5, 5.41) is 8.14. The van der Waals surface area contributed by atoms with Crippen molar-refractivity contribution in [1.82, 2.24) is 4.98 Å². The first-order valence-electron chi connectivity index (χ1n) is 3.83. The maximum Gasteiger partial charge on any atom is 0.307 e. The molecule has 1 rings (SSSR count). The molecule has 7 heteroatoms. The van der Waals surface area contributed by atoms with Gasteiger partial charge in [0.2, 0.25) is 0 Å². The molecular weight excluding hydrogens is 232 g/mol. The smallest absolute Gasteiger partial charge is 0.307 e. The van der Waals surface area contributed by atoms with E-state index in [1.54, 1.807) is 0 Å². The van der Waals surface area contributed by atoms with Gasteiger partial charge >= 0.3 is 5.97 Å². The van der Waals surface area contributed by atoms with Crippen molar-refractivity contribution in [1.29, 1.82) is 0 Å². The zero-order chi connectivity index (χ0) is 11.6. The predicted octanol–water partition coefficient (Wildman–Crippen LogP) is 1.59. The Morgan fingerprint density at radius 2 is 2.20 bits per heavy atom. The Labute approximate surface area is 87.5 Å². The average molecular weight is 238 g/mol. The van der Waals surface area contributed by atoms with Crippen LogP contribution in [0.4, 0.5) is 8.78 Å². The van der Waals surface area contributed by atoms with Crippen LogP contribution in [0.1, 0.15) is 17.7 Å². The second-order valence-electron chi connectivity index (χ2n) is 2.76. The molecule has 1 heterocycles. The number of nitrogens with one attached hydrogen (secondary N) is 1. The molecule has 1 aromatic rings. The summed E-state index contributed by atoms with van der Waals surface area (Å²) < 4.78 is 24.8. The first-order valence-corrected chi connectivity index (χ1v) is 4.21. The van der Waals surface area contributed by atoms with E-state index in [-0.39, 0.29) is 10.6 Å². The van der Waals surface area contributed by atoms with Crippen LogP contribution in [0.2, 0.25) is 5.02 Å². The predicted molar refractivity (Wildman–Crippen MR) is 48.4 cm³/mol. The summed E-state index contributed by atoms with van der Waals surface area (Å²) in [4.78, 5) is 23.1. The third-order valence-electron chi connectivity index (χ3n) is 1.67. The summed E-state index contributed by atoms with van der Waals surface area (Å²) in [6, 6.07) is 0.940. The number of carboxylic acid groups (broad SMARTS) is 1. The molecule has 0 aliphatic rings. The van der Waals surface area contributed by atoms with E-state index in [0.717, 1.165) is 6.07 Å². The van der Waals surface area contributed by atoms with E-state index in [1.807, 2.05) is 4.98 Å². The lowest BCUT2D eigenvalue weighted by Crippen LogP contribution is -2.14. The van der Waals surface area contributed by atoms with Gasteiger partial charge in [0.05, 0.1) is 12.1 Å². The number of H-pyrrole nitrogens is 1. The number of aromatic nitrogens is 1. The van der Waals surface area contributed by atoms with Gasteiger partial charge in [0.25, 0.3) is 12.0 Å². The molecular formula is C8H6ClF2NO3. The van der Waals surface area contributed by atoms with E-state index >= 15 is 0 Å². The lowest BCUT2D eigenvalue weighted by Gasteiger charge is -2.06. The van der Waals surface area contributed by atoms with Crippen molar-refractivity contribution in [2.45, 2.75) is 12.8 Å². The lowest BCUT2D eigenvalue weighted by molar-refractivity contribution is -0.136. The Morgan fingerprint density at radius 3 is 2.67 bits per heavy atom. The molecule has 82 valence electrons. The molecule has 0 saturated carbocycles. The molecule has 0 unspecified atom stereocenters. The van der Waals surface area contributed by atoms with E-state index < -0.39 is 30.1 Å². The van der Waals surface area contributed by atoms with Gasteiger partial charge in [0.1, 0.15) is 5.02 Å². The van der Waals surface area contributed by atoms with Crippen molar-refractivity contribution in [3.05, 3.63) is 32.7 Å². The number of hydrogen-bond donors (Lipinski definition) is 2. The van der Waals surface area contributed by atoms with Crippen LogP contribution in [-0.2, 0) is 11.2 Å². The third-order valence-corrected chi connectivity index (χ3v) is 1.95. The molecule has 0 aliphatic carbocycles. The molecule has 0 fully saturated rings. The largest absolute Gasteiger partial charge is 0.481 e. The Hall–Kier alpha value is -1.43. The summed E-state index contributed by atoms with van der Waals surface area (Å²) in [6.07, 6.45) is -3.56. The fraction of sp³-hybridized carbons (Fsp3) is 0.250. The number of pyridine rings is 1. The van der Waals surface area contributed by atoms with Crippen LogP contribution < -0.4 is 5.56 Å². The van der Waals surface area contributed by atoms with Crippen molar-refractivity contribution in [2.75, 3.05) is 0 Å². The zero-order valence-corrected chi connectivity index (χ0v) is 8.02. The summed E-state index contributed by atoms with van der Waals surface area (Å²) in [7, 11) is 0. The molecule has 0 amide bonds. The Balaban J connectivity index is 3.28. The van der Waals surface area contributed by atoms with Crippen LogP contribution in [0, 0.1) is 0 Å². The molecule has 4 nitrogen and oxygen atoms in total. The molecule has 0 saturated heterocycles. The topological polar surface area (TPSA) is 70.2 Å². The van der Waals surface area contributed by atoms with Crippen molar-refractivity contribution >= 4 is 17.6 Å². The van der Waals surface area contributed by atoms with Crippen molar-refractivity contribution < 1.29 is 18.7 Å². The van der Waals surface area contributed by atoms with Crippen molar-refractivity contribution in [3.63, 3.8) is 0 Å². The van der Waals surface area contributed by atoms with Gasteiger partial charge in [-0.15, -0.1) is 0 Å². The second-order valence-corrected chi connectivity index (χ2v) is 3.16. The minimum Gasteiger partial charge on any atom is -0.481 e. The molecule has 2 N–H and O–H groups in total. The highest BCUT2D eigenvalue weighted by molar-refractivity contribution is 6.30. The number of carbonyl (C=O) groups is 1. The maximum atomic E-state index is 12.4. The minimum atomic E-state index is -2.94. The number of rotatable bonds is 3. The van der Waals surface area contributed by atoms with E-state index in [1.165, 1.54) is 0 Å². The van der Waals surface area contributed by atoms with E-state index in [9.17, 15) is 18.4 Å². The summed E-state index contributed by atoms with van der Waals surface area (Å²) in [5.41, 5.74) is -1.75. The van der Waals surface area contributed by atoms with E-state index in [4.69, 9.17) is 16.7 Å². The van der Waals surface area contributed by atoms with Gasteiger partial charge in [0.15, 0.2) is 0 Å². The number of aliphatic carboxylic acids is 1. The Morgan fingerprint density at radius 1 is 1.60 bits per heavy atom. The zero-order valence-electron chi connectivity index (χ0n) is 7.26. The van der Waals surface area contributed by atoms with Crippen molar-refractivity contribution in [3.8, 4) is 0 Å². The molecule has 15 heavy (non-hydrogen) atoms. The summed E-state index contributed by atoms with van der Waals surface area (Å²) >= 11 is 5.39. The highest BCUT2D eigenvalue weighted by Crippen LogP contribution is 2.21. The highest BCUT2D eigenvalue weighted by Gasteiger charge is 2.17. The summed E-state index contributed by atoms with van der Waals surface area (Å²) in [6.45, 7) is 0. The van der Waals surface area contributed by atoms with Crippen molar-refractivity contribution in [2.24, 2.45) is 0 Å². The first-order chi connectivity index (χ1) is 6.91. The number of hydrogen-bond acceptors (Lipinski definition) is 2. The SMILES string of the molecule is O=C(O)Cc1cc(Cl)c(=O)[nH]c1C(F)F. The Bertz CT molecular complexity index is 444. The number of alkyl halides is 2.